The lowest BCUT2D eigenvalue weighted by Crippen LogP contribution is -2.19. The van der Waals surface area contributed by atoms with E-state index in [2.05, 4.69) is 40.4 Å². The van der Waals surface area contributed by atoms with E-state index in [4.69, 9.17) is 0 Å². The third-order valence-corrected chi connectivity index (χ3v) is 6.60. The number of hydrogen-bond donors (Lipinski definition) is 1. The number of rotatable bonds is 3. The molecule has 2 aromatic rings. The average molecular weight is 334 g/mol. The molecule has 2 aliphatic rings. The molecule has 108 valence electrons. The number of aliphatic hydroxyl groups is 1. The fraction of sp³-hybridized carbons (Fsp3) is 0.267. The van der Waals surface area contributed by atoms with Crippen LogP contribution in [-0.2, 0) is 0 Å². The fourth-order valence-corrected chi connectivity index (χ4v) is 5.36. The number of thioether (sulfide) groups is 2. The molecule has 0 atom stereocenters. The van der Waals surface area contributed by atoms with Crippen molar-refractivity contribution in [1.29, 1.82) is 0 Å². The molecule has 4 rings (SSSR count). The summed E-state index contributed by atoms with van der Waals surface area (Å²) in [5, 5.41) is 12.0. The van der Waals surface area contributed by atoms with Crippen LogP contribution in [0.2, 0.25) is 0 Å². The lowest BCUT2D eigenvalue weighted by molar-refractivity contribution is 0.339. The first kappa shape index (κ1) is 13.7. The number of aliphatic imine (C=N–C) groups is 1. The summed E-state index contributed by atoms with van der Waals surface area (Å²) in [6, 6.07) is 8.84. The van der Waals surface area contributed by atoms with Gasteiger partial charge >= 0.3 is 0 Å². The van der Waals surface area contributed by atoms with Crippen LogP contribution in [0, 0.1) is 0 Å². The van der Waals surface area contributed by atoms with Crippen molar-refractivity contribution in [3.63, 3.8) is 0 Å². The van der Waals surface area contributed by atoms with Gasteiger partial charge in [0.25, 0.3) is 0 Å². The highest BCUT2D eigenvalue weighted by Gasteiger charge is 2.33. The predicted molar refractivity (Wildman–Crippen MR) is 94.2 cm³/mol. The molecule has 0 bridgehead atoms. The van der Waals surface area contributed by atoms with Gasteiger partial charge in [0.15, 0.2) is 5.17 Å². The summed E-state index contributed by atoms with van der Waals surface area (Å²) in [7, 11) is 0. The third-order valence-electron chi connectivity index (χ3n) is 3.65. The second-order valence-corrected chi connectivity index (χ2v) is 7.89. The normalized spacial score (nSPS) is 17.8. The summed E-state index contributed by atoms with van der Waals surface area (Å²) >= 11 is 5.17. The Hall–Kier alpha value is -0.950. The number of hydrogen-bond acceptors (Lipinski definition) is 6. The van der Waals surface area contributed by atoms with E-state index in [1.807, 2.05) is 0 Å². The molecule has 1 aromatic carbocycles. The Kier molecular flexibility index (Phi) is 3.49. The largest absolute Gasteiger partial charge is 0.391 e. The molecule has 2 aliphatic heterocycles. The quantitative estimate of drug-likeness (QED) is 0.868. The van der Waals surface area contributed by atoms with E-state index in [0.29, 0.717) is 0 Å². The van der Waals surface area contributed by atoms with Crippen LogP contribution >= 0.6 is 34.9 Å². The molecule has 0 spiro atoms. The minimum Gasteiger partial charge on any atom is -0.391 e. The van der Waals surface area contributed by atoms with Crippen molar-refractivity contribution in [3.05, 3.63) is 34.0 Å². The monoisotopic (exact) mass is 334 g/mol. The van der Waals surface area contributed by atoms with E-state index in [1.54, 1.807) is 34.9 Å². The summed E-state index contributed by atoms with van der Waals surface area (Å²) in [6.45, 7) is 1.86. The first-order valence-electron chi connectivity index (χ1n) is 6.72. The maximum Gasteiger partial charge on any atom is 0.168 e. The molecule has 3 heterocycles. The maximum atomic E-state index is 9.65. The molecule has 0 radical (unpaired) electrons. The van der Waals surface area contributed by atoms with Gasteiger partial charge in [-0.05, 0) is 35.9 Å². The summed E-state index contributed by atoms with van der Waals surface area (Å²) in [4.78, 5) is 10.3. The molecule has 0 saturated carbocycles. The predicted octanol–water partition coefficient (Wildman–Crippen LogP) is 3.70. The standard InChI is InChI=1S/C15H14N2OS3/c1-19-10-2-3-11-9(6-10)7-12(20-11)14-13(8-18)21-15-16-4-5-17(14)15/h2-3,6-7,18H,4-5,8H2,1H3. The number of amidine groups is 1. The second kappa shape index (κ2) is 5.35. The number of benzene rings is 1. The smallest absolute Gasteiger partial charge is 0.168 e. The summed E-state index contributed by atoms with van der Waals surface area (Å²) < 4.78 is 1.29. The van der Waals surface area contributed by atoms with Gasteiger partial charge in [-0.15, -0.1) is 23.1 Å². The zero-order valence-corrected chi connectivity index (χ0v) is 13.9. The summed E-state index contributed by atoms with van der Waals surface area (Å²) in [6.07, 6.45) is 2.10. The van der Waals surface area contributed by atoms with Crippen molar-refractivity contribution in [2.45, 2.75) is 4.90 Å². The van der Waals surface area contributed by atoms with Crippen LogP contribution in [0.25, 0.3) is 15.8 Å². The molecule has 0 fully saturated rings. The van der Waals surface area contributed by atoms with Crippen LogP contribution in [0.15, 0.2) is 39.1 Å². The van der Waals surface area contributed by atoms with Crippen molar-refractivity contribution >= 4 is 55.8 Å². The molecular formula is C15H14N2OS3. The minimum absolute atomic E-state index is 0.0832. The number of aliphatic hydroxyl groups excluding tert-OH is 1. The van der Waals surface area contributed by atoms with E-state index >= 15 is 0 Å². The van der Waals surface area contributed by atoms with Crippen molar-refractivity contribution in [2.24, 2.45) is 4.99 Å². The van der Waals surface area contributed by atoms with Crippen molar-refractivity contribution in [3.8, 4) is 0 Å². The Bertz CT molecular complexity index is 778. The Labute approximate surface area is 135 Å². The lowest BCUT2D eigenvalue weighted by Gasteiger charge is -2.15. The maximum absolute atomic E-state index is 9.65. The van der Waals surface area contributed by atoms with Crippen LogP contribution in [0.4, 0.5) is 0 Å². The first-order chi connectivity index (χ1) is 10.3. The molecule has 21 heavy (non-hydrogen) atoms. The highest BCUT2D eigenvalue weighted by molar-refractivity contribution is 8.17. The zero-order chi connectivity index (χ0) is 14.4. The van der Waals surface area contributed by atoms with Crippen LogP contribution in [0.5, 0.6) is 0 Å². The molecular weight excluding hydrogens is 320 g/mol. The van der Waals surface area contributed by atoms with Gasteiger partial charge in [-0.25, -0.2) is 0 Å². The first-order valence-corrected chi connectivity index (χ1v) is 9.58. The van der Waals surface area contributed by atoms with Crippen LogP contribution in [-0.4, -0.2) is 41.1 Å². The molecule has 1 N–H and O–H groups in total. The molecule has 0 amide bonds. The highest BCUT2D eigenvalue weighted by Crippen LogP contribution is 2.44. The van der Waals surface area contributed by atoms with Gasteiger partial charge < -0.3 is 10.0 Å². The lowest BCUT2D eigenvalue weighted by atomic mass is 10.2. The molecule has 0 unspecified atom stereocenters. The van der Waals surface area contributed by atoms with Crippen LogP contribution in [0.3, 0.4) is 0 Å². The Morgan fingerprint density at radius 2 is 2.29 bits per heavy atom. The Balaban J connectivity index is 1.83. The zero-order valence-electron chi connectivity index (χ0n) is 11.5. The van der Waals surface area contributed by atoms with E-state index in [9.17, 15) is 5.11 Å². The Morgan fingerprint density at radius 3 is 3.10 bits per heavy atom. The van der Waals surface area contributed by atoms with Crippen LogP contribution in [0.1, 0.15) is 4.88 Å². The second-order valence-electron chi connectivity index (χ2n) is 4.86. The average Bonchev–Trinajstić information content (AvgIpc) is 3.18. The molecule has 0 aliphatic carbocycles. The summed E-state index contributed by atoms with van der Waals surface area (Å²) in [5.41, 5.74) is 1.16. The van der Waals surface area contributed by atoms with Gasteiger partial charge in [0.05, 0.1) is 23.7 Å². The SMILES string of the molecule is CSc1ccc2sc(C3=C(CO)SC4=NCCN43)cc2c1. The van der Waals surface area contributed by atoms with Crippen molar-refractivity contribution in [2.75, 3.05) is 26.0 Å². The van der Waals surface area contributed by atoms with E-state index in [-0.39, 0.29) is 6.61 Å². The topological polar surface area (TPSA) is 35.8 Å². The van der Waals surface area contributed by atoms with Gasteiger partial charge in [0.1, 0.15) is 0 Å². The van der Waals surface area contributed by atoms with Crippen LogP contribution < -0.4 is 0 Å². The molecule has 1 aromatic heterocycles. The number of nitrogens with zero attached hydrogens (tertiary/aromatic N) is 2. The number of fused-ring (bicyclic) bond motifs is 2. The van der Waals surface area contributed by atoms with Crippen molar-refractivity contribution < 1.29 is 5.11 Å². The van der Waals surface area contributed by atoms with Gasteiger partial charge in [-0.2, -0.15) is 0 Å². The van der Waals surface area contributed by atoms with Gasteiger partial charge in [0.2, 0.25) is 0 Å². The van der Waals surface area contributed by atoms with Crippen molar-refractivity contribution in [1.82, 2.24) is 4.90 Å². The molecule has 6 heteroatoms. The van der Waals surface area contributed by atoms with E-state index in [1.165, 1.54) is 19.9 Å². The number of thiophene rings is 1. The van der Waals surface area contributed by atoms with Gasteiger partial charge in [-0.1, -0.05) is 11.8 Å². The minimum atomic E-state index is 0.0832. The van der Waals surface area contributed by atoms with Gasteiger partial charge in [0, 0.05) is 21.0 Å². The molecule has 3 nitrogen and oxygen atoms in total. The summed E-state index contributed by atoms with van der Waals surface area (Å²) in [5.74, 6) is 0. The third kappa shape index (κ3) is 2.21. The van der Waals surface area contributed by atoms with E-state index < -0.39 is 0 Å². The highest BCUT2D eigenvalue weighted by atomic mass is 32.2. The molecule has 0 saturated heterocycles. The van der Waals surface area contributed by atoms with E-state index in [0.717, 1.165) is 28.9 Å². The van der Waals surface area contributed by atoms with Gasteiger partial charge in [-0.3, -0.25) is 4.99 Å². The fourth-order valence-electron chi connectivity index (χ4n) is 2.67. The Morgan fingerprint density at radius 1 is 1.38 bits per heavy atom.